The Morgan fingerprint density at radius 1 is 0.631 bits per heavy atom. The molecule has 0 amide bonds. The molecule has 6 aromatic rings. The van der Waals surface area contributed by atoms with Gasteiger partial charge in [0.05, 0.1) is 27.8 Å². The van der Waals surface area contributed by atoms with Crippen LogP contribution in [0.5, 0.6) is 23.0 Å². The molecule has 0 unspecified atom stereocenters. The second kappa shape index (κ2) is 23.8. The fourth-order valence-electron chi connectivity index (χ4n) is 6.96. The van der Waals surface area contributed by atoms with Crippen molar-refractivity contribution >= 4 is 29.2 Å². The van der Waals surface area contributed by atoms with Crippen molar-refractivity contribution in [3.8, 4) is 46.3 Å². The van der Waals surface area contributed by atoms with Gasteiger partial charge in [-0.15, -0.1) is 0 Å². The van der Waals surface area contributed by atoms with Gasteiger partial charge in [-0.2, -0.15) is 10.5 Å². The maximum Gasteiger partial charge on any atom is 0.303 e. The highest BCUT2D eigenvalue weighted by Crippen LogP contribution is 2.37. The van der Waals surface area contributed by atoms with Crippen molar-refractivity contribution in [3.05, 3.63) is 163 Å². The Morgan fingerprint density at radius 3 is 1.54 bits per heavy atom. The largest absolute Gasteiger partial charge is 0.488 e. The van der Waals surface area contributed by atoms with E-state index in [0.717, 1.165) is 55.6 Å². The molecular formula is C50H48Cl2N6O7. The monoisotopic (exact) mass is 914 g/mol. The number of benzene rings is 4. The summed E-state index contributed by atoms with van der Waals surface area (Å²) in [6.45, 7) is 6.54. The lowest BCUT2D eigenvalue weighted by molar-refractivity contribution is -0.137. The Hall–Kier alpha value is -6.71. The van der Waals surface area contributed by atoms with E-state index < -0.39 is 5.97 Å². The first kappa shape index (κ1) is 47.8. The molecule has 4 aromatic carbocycles. The number of aromatic nitrogens is 2. The van der Waals surface area contributed by atoms with Crippen LogP contribution in [0.1, 0.15) is 68.5 Å². The number of pyridine rings is 2. The number of carboxylic acids is 1. The van der Waals surface area contributed by atoms with Crippen LogP contribution >= 0.6 is 23.2 Å². The number of carbonyl (C=O) groups is 1. The maximum absolute atomic E-state index is 11.0. The third-order valence-electron chi connectivity index (χ3n) is 10.5. The van der Waals surface area contributed by atoms with Gasteiger partial charge in [-0.05, 0) is 84.5 Å². The number of ether oxygens (including phenoxy) is 4. The van der Waals surface area contributed by atoms with Crippen LogP contribution in [0.3, 0.4) is 0 Å². The van der Waals surface area contributed by atoms with E-state index in [2.05, 4.69) is 58.7 Å². The first-order valence-electron chi connectivity index (χ1n) is 20.8. The summed E-state index contributed by atoms with van der Waals surface area (Å²) in [6.07, 6.45) is 6.79. The summed E-state index contributed by atoms with van der Waals surface area (Å²) >= 11 is 13.6. The third-order valence-corrected chi connectivity index (χ3v) is 11.1. The first-order valence-corrected chi connectivity index (χ1v) is 21.6. The van der Waals surface area contributed by atoms with Gasteiger partial charge >= 0.3 is 5.97 Å². The summed E-state index contributed by atoms with van der Waals surface area (Å²) in [6, 6.07) is 26.9. The second-order valence-electron chi connectivity index (χ2n) is 15.1. The minimum absolute atomic E-state index is 0.0185. The number of hydrogen-bond acceptors (Lipinski definition) is 12. The van der Waals surface area contributed by atoms with E-state index in [1.165, 1.54) is 12.4 Å². The van der Waals surface area contributed by atoms with Crippen LogP contribution in [0.2, 0.25) is 10.0 Å². The topological polar surface area (TPSA) is 192 Å². The van der Waals surface area contributed by atoms with E-state index in [4.69, 9.17) is 47.3 Å². The Balaban J connectivity index is 1.18. The van der Waals surface area contributed by atoms with Crippen molar-refractivity contribution in [2.45, 2.75) is 66.2 Å². The summed E-state index contributed by atoms with van der Waals surface area (Å²) in [5.74, 6) is 1.07. The highest BCUT2D eigenvalue weighted by atomic mass is 35.5. The molecule has 334 valence electrons. The van der Waals surface area contributed by atoms with E-state index in [9.17, 15) is 20.4 Å². The molecule has 0 saturated heterocycles. The smallest absolute Gasteiger partial charge is 0.303 e. The molecule has 6 rings (SSSR count). The summed E-state index contributed by atoms with van der Waals surface area (Å²) in [4.78, 5) is 19.3. The van der Waals surface area contributed by atoms with Crippen molar-refractivity contribution < 1.29 is 34.0 Å². The van der Waals surface area contributed by atoms with E-state index >= 15 is 0 Å². The molecule has 0 bridgehead atoms. The maximum atomic E-state index is 11.0. The average molecular weight is 916 g/mol. The average Bonchev–Trinajstić information content (AvgIpc) is 3.31. The number of hydrogen-bond donors (Lipinski definition) is 4. The standard InChI is InChI=1S/C50H48Cl2N6O7/c1-32-38(30-64-48-18-46(62-28-36-14-34(20-53)22-57-24-36)40(16-44(48)51)26-55-11-5-10-50(60)61)6-3-8-42(32)43-9-4-7-39(33(43)2)31-65-49-19-47(41(17-45(49)52)27-56-12-13-59)63-29-37-15-35(21-54)23-58-25-37/h3-4,6-9,14-19,22-25,55-56,59H,5,10-13,26-31H2,1-2H3,(H,60,61). The van der Waals surface area contributed by atoms with Crippen molar-refractivity contribution in [1.82, 2.24) is 20.6 Å². The van der Waals surface area contributed by atoms with E-state index in [1.54, 1.807) is 48.8 Å². The van der Waals surface area contributed by atoms with Gasteiger partial charge in [0.25, 0.3) is 0 Å². The van der Waals surface area contributed by atoms with Gasteiger partial charge in [0.2, 0.25) is 0 Å². The highest BCUT2D eigenvalue weighted by molar-refractivity contribution is 6.32. The van der Waals surface area contributed by atoms with Crippen LogP contribution in [0.4, 0.5) is 0 Å². The Labute approximate surface area is 388 Å². The molecule has 0 radical (unpaired) electrons. The van der Waals surface area contributed by atoms with Crippen LogP contribution in [0.15, 0.2) is 97.6 Å². The third kappa shape index (κ3) is 13.4. The molecule has 2 aromatic heterocycles. The Bertz CT molecular complexity index is 2700. The number of aliphatic hydroxyl groups is 1. The summed E-state index contributed by atoms with van der Waals surface area (Å²) < 4.78 is 25.2. The first-order chi connectivity index (χ1) is 31.6. The van der Waals surface area contributed by atoms with Gasteiger partial charge in [0.15, 0.2) is 0 Å². The zero-order chi connectivity index (χ0) is 46.1. The SMILES string of the molecule is Cc1c(COc2cc(OCc3cncc(C#N)c3)c(CNCCO)cc2Cl)cccc1-c1cccc(COc2cc(OCc3cncc(C#N)c3)c(CNCCCC(=O)O)cc2Cl)c1C. The minimum Gasteiger partial charge on any atom is -0.488 e. The molecular weight excluding hydrogens is 867 g/mol. The van der Waals surface area contributed by atoms with Crippen LogP contribution < -0.4 is 29.6 Å². The molecule has 4 N–H and O–H groups in total. The molecule has 15 heteroatoms. The summed E-state index contributed by atoms with van der Waals surface area (Å²) in [7, 11) is 0. The zero-order valence-corrected chi connectivity index (χ0v) is 37.5. The molecule has 0 aliphatic heterocycles. The lowest BCUT2D eigenvalue weighted by Crippen LogP contribution is -2.18. The Morgan fingerprint density at radius 2 is 1.09 bits per heavy atom. The number of nitrogens with zero attached hydrogens (tertiary/aromatic N) is 4. The molecule has 0 spiro atoms. The van der Waals surface area contributed by atoms with Crippen molar-refractivity contribution in [3.63, 3.8) is 0 Å². The molecule has 0 saturated carbocycles. The fraction of sp³-hybridized carbons (Fsp3) is 0.260. The quantitative estimate of drug-likeness (QED) is 0.0446. The molecule has 0 atom stereocenters. The van der Waals surface area contributed by atoms with Crippen molar-refractivity contribution in [1.29, 1.82) is 10.5 Å². The molecule has 0 aliphatic rings. The Kier molecular flexibility index (Phi) is 17.5. The van der Waals surface area contributed by atoms with Crippen molar-refractivity contribution in [2.24, 2.45) is 0 Å². The lowest BCUT2D eigenvalue weighted by Gasteiger charge is -2.19. The minimum atomic E-state index is -0.852. The number of halogens is 2. The van der Waals surface area contributed by atoms with Gasteiger partial charge in [0.1, 0.15) is 61.6 Å². The predicted octanol–water partition coefficient (Wildman–Crippen LogP) is 9.16. The van der Waals surface area contributed by atoms with Gasteiger partial charge in [-0.25, -0.2) is 0 Å². The molecule has 65 heavy (non-hydrogen) atoms. The number of carboxylic acid groups (broad SMARTS) is 1. The molecule has 0 fully saturated rings. The van der Waals surface area contributed by atoms with Gasteiger partial charge in [0, 0.05) is 85.2 Å². The number of aliphatic hydroxyl groups excluding tert-OH is 1. The van der Waals surface area contributed by atoms with Crippen molar-refractivity contribution in [2.75, 3.05) is 19.7 Å². The van der Waals surface area contributed by atoms with Gasteiger partial charge in [-0.3, -0.25) is 14.8 Å². The molecule has 2 heterocycles. The zero-order valence-electron chi connectivity index (χ0n) is 36.0. The van der Waals surface area contributed by atoms with Crippen LogP contribution in [-0.4, -0.2) is 45.8 Å². The fourth-order valence-corrected chi connectivity index (χ4v) is 7.44. The molecule has 0 aliphatic carbocycles. The van der Waals surface area contributed by atoms with E-state index in [-0.39, 0.29) is 39.5 Å². The molecule has 13 nitrogen and oxygen atoms in total. The number of nitriles is 2. The van der Waals surface area contributed by atoms with Gasteiger partial charge in [-0.1, -0.05) is 59.6 Å². The number of aliphatic carboxylic acids is 1. The van der Waals surface area contributed by atoms with Crippen LogP contribution in [0.25, 0.3) is 11.1 Å². The second-order valence-corrected chi connectivity index (χ2v) is 15.9. The summed E-state index contributed by atoms with van der Waals surface area (Å²) in [5.41, 5.74) is 9.88. The van der Waals surface area contributed by atoms with E-state index in [1.807, 2.05) is 24.3 Å². The lowest BCUT2D eigenvalue weighted by atomic mass is 9.92. The summed E-state index contributed by atoms with van der Waals surface area (Å²) in [5, 5.41) is 44.2. The highest BCUT2D eigenvalue weighted by Gasteiger charge is 2.17. The van der Waals surface area contributed by atoms with Gasteiger partial charge < -0.3 is 39.8 Å². The predicted molar refractivity (Wildman–Crippen MR) is 247 cm³/mol. The van der Waals surface area contributed by atoms with Crippen LogP contribution in [0, 0.1) is 36.5 Å². The number of nitrogens with one attached hydrogen (secondary N) is 2. The van der Waals surface area contributed by atoms with Crippen LogP contribution in [-0.2, 0) is 44.3 Å². The number of rotatable bonds is 23. The normalized spacial score (nSPS) is 10.8. The van der Waals surface area contributed by atoms with E-state index in [0.29, 0.717) is 76.8 Å².